The Morgan fingerprint density at radius 1 is 1.33 bits per heavy atom. The van der Waals surface area contributed by atoms with Crippen LogP contribution < -0.4 is 5.32 Å². The number of piperidine rings is 1. The largest absolute Gasteiger partial charge is 0.392 e. The van der Waals surface area contributed by atoms with Gasteiger partial charge in [0.2, 0.25) is 0 Å². The third-order valence-electron chi connectivity index (χ3n) is 4.87. The average Bonchev–Trinajstić information content (AvgIpc) is 2.57. The molecule has 2 rings (SSSR count). The molecule has 3 heteroatoms. The van der Waals surface area contributed by atoms with Gasteiger partial charge < -0.3 is 15.3 Å². The van der Waals surface area contributed by atoms with E-state index in [2.05, 4.69) is 31.0 Å². The normalized spacial score (nSPS) is 37.0. The Morgan fingerprint density at radius 2 is 2.11 bits per heavy atom. The fourth-order valence-electron chi connectivity index (χ4n) is 3.91. The Kier molecular flexibility index (Phi) is 4.68. The molecule has 0 radical (unpaired) electrons. The van der Waals surface area contributed by atoms with Crippen molar-refractivity contribution in [1.82, 2.24) is 10.2 Å². The van der Waals surface area contributed by atoms with Crippen LogP contribution in [0.25, 0.3) is 0 Å². The lowest BCUT2D eigenvalue weighted by atomic mass is 9.84. The number of nitrogens with zero attached hydrogens (tertiary/aromatic N) is 1. The average molecular weight is 254 g/mol. The summed E-state index contributed by atoms with van der Waals surface area (Å²) in [6.07, 6.45) is 4.71. The molecule has 0 aromatic heterocycles. The van der Waals surface area contributed by atoms with Crippen molar-refractivity contribution < 1.29 is 5.11 Å². The molecule has 2 aliphatic rings. The van der Waals surface area contributed by atoms with Crippen LogP contribution in [0.1, 0.15) is 46.5 Å². The van der Waals surface area contributed by atoms with Gasteiger partial charge >= 0.3 is 0 Å². The first-order valence-electron chi connectivity index (χ1n) is 7.66. The van der Waals surface area contributed by atoms with Gasteiger partial charge in [-0.3, -0.25) is 0 Å². The third-order valence-corrected chi connectivity index (χ3v) is 4.87. The molecule has 0 spiro atoms. The van der Waals surface area contributed by atoms with Crippen molar-refractivity contribution in [1.29, 1.82) is 0 Å². The van der Waals surface area contributed by atoms with E-state index < -0.39 is 0 Å². The van der Waals surface area contributed by atoms with Crippen molar-refractivity contribution in [3.05, 3.63) is 0 Å². The van der Waals surface area contributed by atoms with E-state index in [1.807, 2.05) is 0 Å². The lowest BCUT2D eigenvalue weighted by Gasteiger charge is -2.36. The maximum atomic E-state index is 9.77. The number of likely N-dealkylation sites (tertiary alicyclic amines) is 1. The lowest BCUT2D eigenvalue weighted by molar-refractivity contribution is 0.0578. The predicted octanol–water partition coefficient (Wildman–Crippen LogP) is 1.86. The highest BCUT2D eigenvalue weighted by Gasteiger charge is 2.41. The van der Waals surface area contributed by atoms with Crippen molar-refractivity contribution in [3.63, 3.8) is 0 Å². The van der Waals surface area contributed by atoms with Crippen LogP contribution in [0.3, 0.4) is 0 Å². The minimum Gasteiger partial charge on any atom is -0.392 e. The second kappa shape index (κ2) is 5.89. The summed E-state index contributed by atoms with van der Waals surface area (Å²) in [7, 11) is 0. The van der Waals surface area contributed by atoms with Crippen molar-refractivity contribution in [3.8, 4) is 0 Å². The van der Waals surface area contributed by atoms with E-state index in [1.54, 1.807) is 0 Å². The van der Waals surface area contributed by atoms with E-state index in [4.69, 9.17) is 0 Å². The Bertz CT molecular complexity index is 267. The number of aliphatic hydroxyl groups excluding tert-OH is 1. The first-order chi connectivity index (χ1) is 8.53. The van der Waals surface area contributed by atoms with Crippen molar-refractivity contribution >= 4 is 0 Å². The Hall–Kier alpha value is -0.120. The first-order valence-corrected chi connectivity index (χ1v) is 7.66. The van der Waals surface area contributed by atoms with Gasteiger partial charge in [0.25, 0.3) is 0 Å². The molecule has 1 saturated carbocycles. The maximum Gasteiger partial charge on any atom is 0.0667 e. The SMILES string of the molecule is CCNC1C(CN2CCCC(O)C2)CCC1(C)C. The monoisotopic (exact) mass is 254 g/mol. The minimum atomic E-state index is -0.0919. The number of hydrogen-bond acceptors (Lipinski definition) is 3. The third kappa shape index (κ3) is 3.25. The van der Waals surface area contributed by atoms with Gasteiger partial charge in [0.05, 0.1) is 6.10 Å². The predicted molar refractivity (Wildman–Crippen MR) is 75.7 cm³/mol. The molecular weight excluding hydrogens is 224 g/mol. The molecule has 18 heavy (non-hydrogen) atoms. The summed E-state index contributed by atoms with van der Waals surface area (Å²) in [6.45, 7) is 11.3. The van der Waals surface area contributed by atoms with Crippen molar-refractivity contribution in [2.75, 3.05) is 26.2 Å². The summed E-state index contributed by atoms with van der Waals surface area (Å²) in [6, 6.07) is 0.640. The van der Waals surface area contributed by atoms with E-state index in [0.29, 0.717) is 11.5 Å². The van der Waals surface area contributed by atoms with Crippen LogP contribution in [-0.4, -0.2) is 48.3 Å². The van der Waals surface area contributed by atoms with E-state index in [1.165, 1.54) is 19.4 Å². The summed E-state index contributed by atoms with van der Waals surface area (Å²) in [5.41, 5.74) is 0.426. The second-order valence-electron chi connectivity index (χ2n) is 6.88. The molecule has 0 amide bonds. The summed E-state index contributed by atoms with van der Waals surface area (Å²) in [4.78, 5) is 2.48. The number of nitrogens with one attached hydrogen (secondary N) is 1. The molecule has 0 aromatic rings. The highest BCUT2D eigenvalue weighted by atomic mass is 16.3. The summed E-state index contributed by atoms with van der Waals surface area (Å²) < 4.78 is 0. The summed E-state index contributed by atoms with van der Waals surface area (Å²) >= 11 is 0. The quantitative estimate of drug-likeness (QED) is 0.804. The molecule has 2 fully saturated rings. The number of hydrogen-bond donors (Lipinski definition) is 2. The minimum absolute atomic E-state index is 0.0919. The van der Waals surface area contributed by atoms with Gasteiger partial charge in [-0.1, -0.05) is 20.8 Å². The van der Waals surface area contributed by atoms with Crippen LogP contribution in [0.4, 0.5) is 0 Å². The molecule has 1 saturated heterocycles. The summed E-state index contributed by atoms with van der Waals surface area (Å²) in [5.74, 6) is 0.755. The molecular formula is C15H30N2O. The zero-order chi connectivity index (χ0) is 13.2. The fraction of sp³-hybridized carbons (Fsp3) is 1.00. The molecule has 1 aliphatic carbocycles. The van der Waals surface area contributed by atoms with Crippen LogP contribution in [0.15, 0.2) is 0 Å². The highest BCUT2D eigenvalue weighted by Crippen LogP contribution is 2.41. The molecule has 0 aromatic carbocycles. The van der Waals surface area contributed by atoms with Gasteiger partial charge in [0.1, 0.15) is 0 Å². The zero-order valence-corrected chi connectivity index (χ0v) is 12.3. The number of aliphatic hydroxyl groups is 1. The van der Waals surface area contributed by atoms with E-state index in [9.17, 15) is 5.11 Å². The molecule has 2 N–H and O–H groups in total. The van der Waals surface area contributed by atoms with Crippen LogP contribution >= 0.6 is 0 Å². The Labute approximate surface area is 112 Å². The second-order valence-corrected chi connectivity index (χ2v) is 6.88. The van der Waals surface area contributed by atoms with Crippen LogP contribution in [-0.2, 0) is 0 Å². The zero-order valence-electron chi connectivity index (χ0n) is 12.3. The van der Waals surface area contributed by atoms with Crippen molar-refractivity contribution in [2.45, 2.75) is 58.6 Å². The maximum absolute atomic E-state index is 9.77. The molecule has 106 valence electrons. The molecule has 3 nitrogen and oxygen atoms in total. The van der Waals surface area contributed by atoms with Gasteiger partial charge in [-0.2, -0.15) is 0 Å². The number of β-amino-alcohol motifs (C(OH)–C–C–N with tert-alkyl or cyclic N) is 1. The molecule has 3 atom stereocenters. The Morgan fingerprint density at radius 3 is 2.78 bits per heavy atom. The van der Waals surface area contributed by atoms with Crippen LogP contribution in [0.2, 0.25) is 0 Å². The van der Waals surface area contributed by atoms with Crippen LogP contribution in [0.5, 0.6) is 0 Å². The van der Waals surface area contributed by atoms with Crippen molar-refractivity contribution in [2.24, 2.45) is 11.3 Å². The number of rotatable bonds is 4. The molecule has 1 aliphatic heterocycles. The summed E-state index contributed by atoms with van der Waals surface area (Å²) in [5, 5.41) is 13.5. The fourth-order valence-corrected chi connectivity index (χ4v) is 3.91. The first kappa shape index (κ1) is 14.3. The Balaban J connectivity index is 1.91. The standard InChI is InChI=1S/C15H30N2O/c1-4-16-14-12(7-8-15(14,2)3)10-17-9-5-6-13(18)11-17/h12-14,16,18H,4-11H2,1-3H3. The highest BCUT2D eigenvalue weighted by molar-refractivity contribution is 4.97. The van der Waals surface area contributed by atoms with E-state index in [0.717, 1.165) is 38.4 Å². The molecule has 0 bridgehead atoms. The van der Waals surface area contributed by atoms with Gasteiger partial charge in [-0.05, 0) is 50.1 Å². The van der Waals surface area contributed by atoms with Gasteiger partial charge in [-0.15, -0.1) is 0 Å². The van der Waals surface area contributed by atoms with E-state index in [-0.39, 0.29) is 6.10 Å². The van der Waals surface area contributed by atoms with Gasteiger partial charge in [0, 0.05) is 19.1 Å². The van der Waals surface area contributed by atoms with Gasteiger partial charge in [-0.25, -0.2) is 0 Å². The lowest BCUT2D eigenvalue weighted by Crippen LogP contribution is -2.48. The topological polar surface area (TPSA) is 35.5 Å². The van der Waals surface area contributed by atoms with Crippen LogP contribution in [0, 0.1) is 11.3 Å². The smallest absolute Gasteiger partial charge is 0.0667 e. The van der Waals surface area contributed by atoms with E-state index >= 15 is 0 Å². The molecule has 3 unspecified atom stereocenters. The molecule has 1 heterocycles. The van der Waals surface area contributed by atoms with Gasteiger partial charge in [0.15, 0.2) is 0 Å².